The molecule has 2 rings (SSSR count). The summed E-state index contributed by atoms with van der Waals surface area (Å²) in [5, 5.41) is 18.8. The maximum Gasteiger partial charge on any atom is 0.351 e. The number of nitrogens with zero attached hydrogens (tertiary/aromatic N) is 2. The number of nitrogen functional groups attached to an aromatic ring is 1. The Morgan fingerprint density at radius 3 is 2.95 bits per heavy atom. The second-order valence-corrected chi connectivity index (χ2v) is 4.71. The van der Waals surface area contributed by atoms with Gasteiger partial charge in [0, 0.05) is 18.2 Å². The molecule has 116 valence electrons. The molecule has 0 aliphatic carbocycles. The van der Waals surface area contributed by atoms with Crippen LogP contribution in [-0.4, -0.2) is 51.7 Å². The Kier molecular flexibility index (Phi) is 4.56. The van der Waals surface area contributed by atoms with Crippen LogP contribution in [0.1, 0.15) is 18.2 Å². The predicted octanol–water partition coefficient (Wildman–Crippen LogP) is -1.82. The Morgan fingerprint density at radius 1 is 1.67 bits per heavy atom. The molecule has 1 saturated heterocycles. The second-order valence-electron chi connectivity index (χ2n) is 4.71. The summed E-state index contributed by atoms with van der Waals surface area (Å²) in [6.07, 6.45) is -1.05. The summed E-state index contributed by atoms with van der Waals surface area (Å²) in [6.45, 7) is -0.357. The molecule has 0 spiro atoms. The maximum absolute atomic E-state index is 11.9. The van der Waals surface area contributed by atoms with Gasteiger partial charge in [-0.3, -0.25) is 9.36 Å². The zero-order chi connectivity index (χ0) is 15.6. The van der Waals surface area contributed by atoms with Gasteiger partial charge in [-0.2, -0.15) is 4.98 Å². The van der Waals surface area contributed by atoms with E-state index >= 15 is 0 Å². The molecule has 0 amide bonds. The summed E-state index contributed by atoms with van der Waals surface area (Å²) in [5.74, 6) is -0.576. The van der Waals surface area contributed by atoms with Crippen molar-refractivity contribution < 1.29 is 24.5 Å². The van der Waals surface area contributed by atoms with E-state index in [1.165, 1.54) is 13.3 Å². The molecule has 3 atom stereocenters. The van der Waals surface area contributed by atoms with E-state index in [0.29, 0.717) is 5.56 Å². The molecule has 1 aromatic rings. The van der Waals surface area contributed by atoms with E-state index in [4.69, 9.17) is 15.6 Å². The van der Waals surface area contributed by atoms with E-state index in [-0.39, 0.29) is 25.3 Å². The van der Waals surface area contributed by atoms with Gasteiger partial charge in [0.15, 0.2) is 0 Å². The lowest BCUT2D eigenvalue weighted by Gasteiger charge is -2.16. The summed E-state index contributed by atoms with van der Waals surface area (Å²) in [4.78, 5) is 26.8. The molecule has 4 N–H and O–H groups in total. The Morgan fingerprint density at radius 2 is 2.38 bits per heavy atom. The first kappa shape index (κ1) is 15.4. The number of carbonyl (C=O) groups is 1. The van der Waals surface area contributed by atoms with Crippen LogP contribution in [0.3, 0.4) is 0 Å². The highest BCUT2D eigenvalue weighted by Crippen LogP contribution is 2.27. The lowest BCUT2D eigenvalue weighted by Crippen LogP contribution is -2.29. The number of carbonyl (C=O) groups excluding carboxylic acids is 1. The highest BCUT2D eigenvalue weighted by atomic mass is 16.5. The lowest BCUT2D eigenvalue weighted by molar-refractivity contribution is -0.139. The first-order valence-corrected chi connectivity index (χ1v) is 6.35. The van der Waals surface area contributed by atoms with Gasteiger partial charge in [-0.1, -0.05) is 0 Å². The van der Waals surface area contributed by atoms with Crippen LogP contribution in [-0.2, 0) is 20.7 Å². The minimum atomic E-state index is -0.881. The third kappa shape index (κ3) is 3.20. The predicted molar refractivity (Wildman–Crippen MR) is 70.2 cm³/mol. The Hall–Kier alpha value is -1.97. The number of anilines is 1. The van der Waals surface area contributed by atoms with Crippen molar-refractivity contribution in [3.63, 3.8) is 0 Å². The Labute approximate surface area is 119 Å². The maximum atomic E-state index is 11.9. The van der Waals surface area contributed by atoms with Crippen LogP contribution in [0.15, 0.2) is 11.0 Å². The van der Waals surface area contributed by atoms with Crippen LogP contribution in [0.5, 0.6) is 0 Å². The van der Waals surface area contributed by atoms with Crippen molar-refractivity contribution >= 4 is 11.8 Å². The van der Waals surface area contributed by atoms with E-state index in [0.717, 1.165) is 4.57 Å². The zero-order valence-corrected chi connectivity index (χ0v) is 11.4. The van der Waals surface area contributed by atoms with Crippen molar-refractivity contribution in [2.45, 2.75) is 31.3 Å². The minimum Gasteiger partial charge on any atom is -0.469 e. The van der Waals surface area contributed by atoms with Crippen molar-refractivity contribution in [3.8, 4) is 0 Å². The number of methoxy groups -OCH3 is 1. The van der Waals surface area contributed by atoms with Gasteiger partial charge < -0.3 is 25.4 Å². The van der Waals surface area contributed by atoms with Crippen molar-refractivity contribution in [2.75, 3.05) is 19.5 Å². The monoisotopic (exact) mass is 299 g/mol. The molecule has 0 unspecified atom stereocenters. The summed E-state index contributed by atoms with van der Waals surface area (Å²) in [7, 11) is 1.24. The number of ether oxygens (including phenoxy) is 2. The number of rotatable bonds is 4. The van der Waals surface area contributed by atoms with E-state index in [1.54, 1.807) is 0 Å². The normalized spacial score (nSPS) is 25.0. The zero-order valence-electron chi connectivity index (χ0n) is 11.4. The molecule has 21 heavy (non-hydrogen) atoms. The van der Waals surface area contributed by atoms with Gasteiger partial charge in [0.1, 0.15) is 18.1 Å². The second kappa shape index (κ2) is 6.20. The van der Waals surface area contributed by atoms with Crippen LogP contribution in [0, 0.1) is 0 Å². The fourth-order valence-corrected chi connectivity index (χ4v) is 2.14. The Balaban J connectivity index is 2.30. The topological polar surface area (TPSA) is 137 Å². The summed E-state index contributed by atoms with van der Waals surface area (Å²) in [5.41, 5.74) is 5.28. The van der Waals surface area contributed by atoms with Crippen molar-refractivity contribution in [3.05, 3.63) is 22.2 Å². The molecular weight excluding hydrogens is 282 g/mol. The summed E-state index contributed by atoms with van der Waals surface area (Å²) in [6, 6.07) is 0. The molecule has 1 aromatic heterocycles. The van der Waals surface area contributed by atoms with Crippen molar-refractivity contribution in [2.24, 2.45) is 0 Å². The van der Waals surface area contributed by atoms with Gasteiger partial charge in [-0.05, 0) is 0 Å². The van der Waals surface area contributed by atoms with Crippen LogP contribution >= 0.6 is 0 Å². The first-order chi connectivity index (χ1) is 9.96. The van der Waals surface area contributed by atoms with Gasteiger partial charge in [0.25, 0.3) is 0 Å². The molecular formula is C12H17N3O6. The minimum absolute atomic E-state index is 0.0566. The third-order valence-corrected chi connectivity index (χ3v) is 3.32. The summed E-state index contributed by atoms with van der Waals surface area (Å²) >= 11 is 0. The third-order valence-electron chi connectivity index (χ3n) is 3.32. The fraction of sp³-hybridized carbons (Fsp3) is 0.583. The molecule has 0 bridgehead atoms. The van der Waals surface area contributed by atoms with Gasteiger partial charge in [-0.25, -0.2) is 4.79 Å². The van der Waals surface area contributed by atoms with Crippen LogP contribution < -0.4 is 11.4 Å². The number of hydrogen-bond acceptors (Lipinski definition) is 8. The first-order valence-electron chi connectivity index (χ1n) is 6.35. The van der Waals surface area contributed by atoms with Crippen LogP contribution in [0.4, 0.5) is 5.82 Å². The number of nitrogens with two attached hydrogens (primary N) is 1. The number of aliphatic hydroxyl groups is 2. The lowest BCUT2D eigenvalue weighted by atomic mass is 10.2. The van der Waals surface area contributed by atoms with E-state index in [9.17, 15) is 14.7 Å². The molecule has 0 saturated carbocycles. The van der Waals surface area contributed by atoms with Crippen molar-refractivity contribution in [1.29, 1.82) is 0 Å². The quantitative estimate of drug-likeness (QED) is 0.553. The SMILES string of the molecule is COC(=O)Cc1cn([C@H]2C[C@@H](O)[C@H](CO)O2)c(=O)nc1N. The number of hydrogen-bond donors (Lipinski definition) is 3. The van der Waals surface area contributed by atoms with Crippen molar-refractivity contribution in [1.82, 2.24) is 9.55 Å². The highest BCUT2D eigenvalue weighted by molar-refractivity contribution is 5.73. The molecule has 9 heteroatoms. The molecule has 2 heterocycles. The number of aromatic nitrogens is 2. The largest absolute Gasteiger partial charge is 0.469 e. The van der Waals surface area contributed by atoms with Gasteiger partial charge in [0.2, 0.25) is 0 Å². The summed E-state index contributed by atoms with van der Waals surface area (Å²) < 4.78 is 11.1. The van der Waals surface area contributed by atoms with Gasteiger partial charge >= 0.3 is 11.7 Å². The molecule has 1 fully saturated rings. The molecule has 9 nitrogen and oxygen atoms in total. The van der Waals surface area contributed by atoms with E-state index < -0.39 is 30.1 Å². The molecule has 1 aliphatic rings. The standard InChI is InChI=1S/C12H17N3O6/c1-20-10(18)2-6-4-15(12(19)14-11(6)13)9-3-7(17)8(5-16)21-9/h4,7-9,16-17H,2-3,5H2,1H3,(H2,13,14,19)/t7-,8+,9-/m1/s1. The fourth-order valence-electron chi connectivity index (χ4n) is 2.14. The number of esters is 1. The molecule has 1 aliphatic heterocycles. The smallest absolute Gasteiger partial charge is 0.351 e. The number of aliphatic hydroxyl groups excluding tert-OH is 2. The highest BCUT2D eigenvalue weighted by Gasteiger charge is 2.35. The van der Waals surface area contributed by atoms with E-state index in [2.05, 4.69) is 9.72 Å². The van der Waals surface area contributed by atoms with Crippen LogP contribution in [0.2, 0.25) is 0 Å². The molecule has 0 aromatic carbocycles. The van der Waals surface area contributed by atoms with E-state index in [1.807, 2.05) is 0 Å². The van der Waals surface area contributed by atoms with Crippen LogP contribution in [0.25, 0.3) is 0 Å². The average molecular weight is 299 g/mol. The average Bonchev–Trinajstić information content (AvgIpc) is 2.82. The van der Waals surface area contributed by atoms with Gasteiger partial charge in [-0.15, -0.1) is 0 Å². The Bertz CT molecular complexity index is 587. The van der Waals surface area contributed by atoms with Gasteiger partial charge in [0.05, 0.1) is 26.2 Å². The molecule has 0 radical (unpaired) electrons.